The molecule has 0 fully saturated rings. The predicted octanol–water partition coefficient (Wildman–Crippen LogP) is 5.94. The van der Waals surface area contributed by atoms with Gasteiger partial charge in [0.2, 0.25) is 0 Å². The second-order valence-electron chi connectivity index (χ2n) is 9.11. The summed E-state index contributed by atoms with van der Waals surface area (Å²) in [6.07, 6.45) is 4.12. The van der Waals surface area contributed by atoms with Gasteiger partial charge in [-0.25, -0.2) is 0 Å². The molecule has 2 atom stereocenters. The molecule has 1 amide bonds. The molecule has 2 aromatic rings. The predicted molar refractivity (Wildman–Crippen MR) is 127 cm³/mol. The van der Waals surface area contributed by atoms with Gasteiger partial charge in [0.15, 0.2) is 11.5 Å². The number of benzene rings is 1. The first-order valence-corrected chi connectivity index (χ1v) is 12.3. The molecule has 2 N–H and O–H groups in total. The van der Waals surface area contributed by atoms with E-state index in [1.165, 1.54) is 16.9 Å². The number of hydrogen-bond acceptors (Lipinski definition) is 5. The number of fused-ring (bicyclic) bond motifs is 3. The van der Waals surface area contributed by atoms with Crippen molar-refractivity contribution in [1.29, 1.82) is 0 Å². The van der Waals surface area contributed by atoms with E-state index in [1.54, 1.807) is 11.3 Å². The smallest absolute Gasteiger partial charge is 0.256 e. The van der Waals surface area contributed by atoms with Gasteiger partial charge >= 0.3 is 0 Å². The van der Waals surface area contributed by atoms with Crippen molar-refractivity contribution in [1.82, 2.24) is 5.32 Å². The van der Waals surface area contributed by atoms with Crippen LogP contribution in [-0.4, -0.2) is 19.1 Å². The Labute approximate surface area is 189 Å². The maximum Gasteiger partial charge on any atom is 0.256 e. The van der Waals surface area contributed by atoms with Gasteiger partial charge in [0, 0.05) is 4.88 Å². The number of amides is 1. The van der Waals surface area contributed by atoms with Crippen LogP contribution in [-0.2, 0) is 12.8 Å². The van der Waals surface area contributed by atoms with Gasteiger partial charge in [0.05, 0.1) is 18.8 Å². The number of hydrogen-bond donors (Lipinski definition) is 2. The Hall–Kier alpha value is -2.21. The molecule has 0 saturated heterocycles. The number of rotatable bonds is 7. The average molecular weight is 443 g/mol. The summed E-state index contributed by atoms with van der Waals surface area (Å²) in [5, 5.41) is 7.74. The van der Waals surface area contributed by atoms with Crippen molar-refractivity contribution in [2.45, 2.75) is 66.5 Å². The van der Waals surface area contributed by atoms with E-state index in [-0.39, 0.29) is 12.1 Å². The molecule has 6 heteroatoms. The zero-order valence-corrected chi connectivity index (χ0v) is 20.1. The molecule has 4 rings (SSSR count). The fourth-order valence-electron chi connectivity index (χ4n) is 4.67. The second-order valence-corrected chi connectivity index (χ2v) is 10.2. The first kappa shape index (κ1) is 22.0. The Morgan fingerprint density at radius 3 is 2.55 bits per heavy atom. The van der Waals surface area contributed by atoms with E-state index in [0.717, 1.165) is 41.1 Å². The third-order valence-corrected chi connectivity index (χ3v) is 8.15. The normalized spacial score (nSPS) is 20.4. The minimum atomic E-state index is -0.280. The first-order chi connectivity index (χ1) is 14.9. The molecule has 0 bridgehead atoms. The van der Waals surface area contributed by atoms with Gasteiger partial charge in [-0.1, -0.05) is 33.3 Å². The molecule has 0 unspecified atom stereocenters. The van der Waals surface area contributed by atoms with E-state index >= 15 is 0 Å². The van der Waals surface area contributed by atoms with Gasteiger partial charge in [0.25, 0.3) is 5.91 Å². The third-order valence-electron chi connectivity index (χ3n) is 6.96. The molecular formula is C25H34N2O3S. The molecule has 2 aliphatic rings. The van der Waals surface area contributed by atoms with E-state index in [4.69, 9.17) is 9.47 Å². The lowest BCUT2D eigenvalue weighted by Crippen LogP contribution is -2.38. The van der Waals surface area contributed by atoms with E-state index < -0.39 is 0 Å². The average Bonchev–Trinajstić information content (AvgIpc) is 3.13. The molecule has 0 radical (unpaired) electrons. The fourth-order valence-corrected chi connectivity index (χ4v) is 6.02. The van der Waals surface area contributed by atoms with E-state index in [9.17, 15) is 4.79 Å². The Bertz CT molecular complexity index is 966. The van der Waals surface area contributed by atoms with Gasteiger partial charge in [-0.15, -0.1) is 11.3 Å². The minimum Gasteiger partial charge on any atom is -0.490 e. The Balaban J connectivity index is 1.60. The number of carbonyl (C=O) groups excluding carboxylic acids is 1. The SMILES string of the molecule is CCOc1ccc([C@H]2NC(=O)c3c(sc4c3CC[C@@H](C(C)(C)CC)C4)N2)cc1OCC. The van der Waals surface area contributed by atoms with Crippen molar-refractivity contribution >= 4 is 22.2 Å². The summed E-state index contributed by atoms with van der Waals surface area (Å²) in [4.78, 5) is 14.5. The van der Waals surface area contributed by atoms with Crippen LogP contribution in [0.15, 0.2) is 18.2 Å². The lowest BCUT2D eigenvalue weighted by Gasteiger charge is -2.36. The quantitative estimate of drug-likeness (QED) is 0.557. The molecule has 1 aromatic carbocycles. The number of carbonyl (C=O) groups is 1. The van der Waals surface area contributed by atoms with Crippen LogP contribution in [0.5, 0.6) is 11.5 Å². The number of anilines is 1. The van der Waals surface area contributed by atoms with Crippen LogP contribution in [0.25, 0.3) is 0 Å². The number of nitrogens with one attached hydrogen (secondary N) is 2. The summed E-state index contributed by atoms with van der Waals surface area (Å²) in [5.41, 5.74) is 3.41. The summed E-state index contributed by atoms with van der Waals surface area (Å²) in [5.74, 6) is 2.13. The highest BCUT2D eigenvalue weighted by molar-refractivity contribution is 7.16. The van der Waals surface area contributed by atoms with Crippen molar-refractivity contribution in [2.75, 3.05) is 18.5 Å². The molecule has 0 spiro atoms. The van der Waals surface area contributed by atoms with E-state index in [2.05, 4.69) is 31.4 Å². The van der Waals surface area contributed by atoms with Gasteiger partial charge in [-0.05, 0) is 67.7 Å². The molecule has 0 saturated carbocycles. The van der Waals surface area contributed by atoms with Crippen LogP contribution < -0.4 is 20.1 Å². The van der Waals surface area contributed by atoms with E-state index in [0.29, 0.717) is 30.3 Å². The van der Waals surface area contributed by atoms with Crippen LogP contribution in [0.4, 0.5) is 5.00 Å². The Kier molecular flexibility index (Phi) is 6.20. The second kappa shape index (κ2) is 8.73. The van der Waals surface area contributed by atoms with Crippen LogP contribution in [0.3, 0.4) is 0 Å². The molecule has 2 heterocycles. The molecule has 1 aromatic heterocycles. The standard InChI is InChI=1S/C25H34N2O3S/c1-6-25(4,5)16-10-11-17-20(14-16)31-24-21(17)23(28)26-22(27-24)15-9-12-18(29-7-2)19(13-15)30-8-3/h9,12-13,16,22,27H,6-8,10-11,14H2,1-5H3,(H,26,28)/t16-,22+/m1/s1. The van der Waals surface area contributed by atoms with Crippen LogP contribution in [0, 0.1) is 11.3 Å². The molecular weight excluding hydrogens is 408 g/mol. The van der Waals surface area contributed by atoms with Crippen molar-refractivity contribution in [3.05, 3.63) is 39.8 Å². The molecule has 1 aliphatic heterocycles. The Morgan fingerprint density at radius 1 is 1.10 bits per heavy atom. The Morgan fingerprint density at radius 2 is 1.84 bits per heavy atom. The van der Waals surface area contributed by atoms with Crippen molar-refractivity contribution < 1.29 is 14.3 Å². The van der Waals surface area contributed by atoms with Gasteiger partial charge < -0.3 is 20.1 Å². The largest absolute Gasteiger partial charge is 0.490 e. The van der Waals surface area contributed by atoms with Gasteiger partial charge in [-0.2, -0.15) is 0 Å². The summed E-state index contributed by atoms with van der Waals surface area (Å²) in [7, 11) is 0. The summed E-state index contributed by atoms with van der Waals surface area (Å²) < 4.78 is 11.5. The fraction of sp³-hybridized carbons (Fsp3) is 0.560. The first-order valence-electron chi connectivity index (χ1n) is 11.5. The highest BCUT2D eigenvalue weighted by Gasteiger charge is 2.37. The summed E-state index contributed by atoms with van der Waals surface area (Å²) in [6.45, 7) is 12.1. The minimum absolute atomic E-state index is 0.0243. The van der Waals surface area contributed by atoms with Crippen LogP contribution in [0.1, 0.15) is 80.0 Å². The lowest BCUT2D eigenvalue weighted by atomic mass is 9.69. The molecule has 168 valence electrons. The van der Waals surface area contributed by atoms with Crippen LogP contribution >= 0.6 is 11.3 Å². The van der Waals surface area contributed by atoms with E-state index in [1.807, 2.05) is 32.0 Å². The van der Waals surface area contributed by atoms with Crippen molar-refractivity contribution in [3.63, 3.8) is 0 Å². The number of ether oxygens (including phenoxy) is 2. The van der Waals surface area contributed by atoms with Crippen LogP contribution in [0.2, 0.25) is 0 Å². The van der Waals surface area contributed by atoms with Crippen molar-refractivity contribution in [3.8, 4) is 11.5 Å². The third kappa shape index (κ3) is 4.14. The summed E-state index contributed by atoms with van der Waals surface area (Å²) >= 11 is 1.77. The topological polar surface area (TPSA) is 59.6 Å². The highest BCUT2D eigenvalue weighted by atomic mass is 32.1. The maximum atomic E-state index is 13.1. The lowest BCUT2D eigenvalue weighted by molar-refractivity contribution is 0.0934. The number of thiophene rings is 1. The molecule has 1 aliphatic carbocycles. The highest BCUT2D eigenvalue weighted by Crippen LogP contribution is 2.47. The van der Waals surface area contributed by atoms with Gasteiger partial charge in [-0.3, -0.25) is 4.79 Å². The zero-order chi connectivity index (χ0) is 22.2. The maximum absolute atomic E-state index is 13.1. The molecule has 31 heavy (non-hydrogen) atoms. The zero-order valence-electron chi connectivity index (χ0n) is 19.3. The summed E-state index contributed by atoms with van der Waals surface area (Å²) in [6, 6.07) is 5.87. The van der Waals surface area contributed by atoms with Gasteiger partial charge in [0.1, 0.15) is 11.2 Å². The molecule has 5 nitrogen and oxygen atoms in total. The monoisotopic (exact) mass is 442 g/mol. The van der Waals surface area contributed by atoms with Crippen molar-refractivity contribution in [2.24, 2.45) is 11.3 Å².